The molecule has 0 saturated carbocycles. The van der Waals surface area contributed by atoms with Gasteiger partial charge in [0.1, 0.15) is 0 Å². The number of nitrogens with one attached hydrogen (secondary N) is 2. The maximum absolute atomic E-state index is 12.2. The lowest BCUT2D eigenvalue weighted by molar-refractivity contribution is -0.121. The van der Waals surface area contributed by atoms with Crippen LogP contribution >= 0.6 is 0 Å². The first-order valence-electron chi connectivity index (χ1n) is 9.90. The predicted octanol–water partition coefficient (Wildman–Crippen LogP) is 3.40. The first kappa shape index (κ1) is 24.2. The van der Waals surface area contributed by atoms with Crippen molar-refractivity contribution >= 4 is 33.3 Å². The van der Waals surface area contributed by atoms with E-state index in [0.717, 1.165) is 12.1 Å². The Morgan fingerprint density at radius 1 is 0.806 bits per heavy atom. The average Bonchev–Trinajstić information content (AvgIpc) is 2.74. The second-order valence-electron chi connectivity index (χ2n) is 6.78. The third-order valence-electron chi connectivity index (χ3n) is 4.21. The molecule has 0 aromatic heterocycles. The molecule has 0 atom stereocenters. The van der Waals surface area contributed by atoms with Gasteiger partial charge in [-0.15, -0.1) is 0 Å². The van der Waals surface area contributed by atoms with Crippen LogP contribution in [0.25, 0.3) is 0 Å². The molecular formula is C21H26N4O5S. The summed E-state index contributed by atoms with van der Waals surface area (Å²) < 4.78 is 29.7. The number of hydrogen-bond acceptors (Lipinski definition) is 6. The molecule has 0 spiro atoms. The number of carbonyl (C=O) groups excluding carboxylic acids is 2. The lowest BCUT2D eigenvalue weighted by Crippen LogP contribution is -2.28. The molecule has 0 heterocycles. The van der Waals surface area contributed by atoms with Crippen LogP contribution in [0.5, 0.6) is 0 Å². The van der Waals surface area contributed by atoms with Crippen molar-refractivity contribution in [2.45, 2.75) is 25.7 Å². The summed E-state index contributed by atoms with van der Waals surface area (Å²) in [5, 5.41) is 13.5. The van der Waals surface area contributed by atoms with Crippen LogP contribution in [0.15, 0.2) is 64.8 Å². The monoisotopic (exact) mass is 446 g/mol. The van der Waals surface area contributed by atoms with Gasteiger partial charge in [-0.25, -0.2) is 0 Å². The van der Waals surface area contributed by atoms with E-state index in [1.54, 1.807) is 24.3 Å². The van der Waals surface area contributed by atoms with Gasteiger partial charge in [-0.05, 0) is 49.2 Å². The number of carbonyl (C=O) groups is 2. The van der Waals surface area contributed by atoms with Gasteiger partial charge in [-0.1, -0.05) is 24.6 Å². The van der Waals surface area contributed by atoms with Crippen LogP contribution < -0.4 is 10.6 Å². The van der Waals surface area contributed by atoms with Crippen molar-refractivity contribution in [1.29, 1.82) is 0 Å². The fourth-order valence-electron chi connectivity index (χ4n) is 2.59. The summed E-state index contributed by atoms with van der Waals surface area (Å²) in [5.74, 6) is -0.951. The highest BCUT2D eigenvalue weighted by atomic mass is 32.2. The molecule has 2 aromatic carbocycles. The van der Waals surface area contributed by atoms with E-state index in [4.69, 9.17) is 4.55 Å². The molecule has 0 unspecified atom stereocenters. The molecule has 2 rings (SSSR count). The Bertz CT molecular complexity index is 977. The number of hydrogen-bond donors (Lipinski definition) is 3. The standard InChI is InChI=1S/C21H26N4O5S/c26-20(22-15-16-31(28,29)30)9-5-2-6-14-23-21(27)17-10-12-19(13-11-17)25-24-18-7-3-1-4-8-18/h1,3-4,7-8,10-13H,2,5-6,9,14-16H2,(H,22,26)(H,23,27)(H,28,29,30)/b25-24+. The zero-order valence-electron chi connectivity index (χ0n) is 17.0. The van der Waals surface area contributed by atoms with Gasteiger partial charge in [0.25, 0.3) is 16.0 Å². The molecule has 2 aromatic rings. The van der Waals surface area contributed by atoms with E-state index in [1.807, 2.05) is 30.3 Å². The zero-order chi connectivity index (χ0) is 22.5. The molecule has 2 amide bonds. The molecule has 0 fully saturated rings. The van der Waals surface area contributed by atoms with Crippen molar-refractivity contribution < 1.29 is 22.6 Å². The van der Waals surface area contributed by atoms with Crippen molar-refractivity contribution in [2.24, 2.45) is 10.2 Å². The fraction of sp³-hybridized carbons (Fsp3) is 0.333. The summed E-state index contributed by atoms with van der Waals surface area (Å²) >= 11 is 0. The van der Waals surface area contributed by atoms with Gasteiger partial charge in [0.15, 0.2) is 0 Å². The summed E-state index contributed by atoms with van der Waals surface area (Å²) in [6, 6.07) is 16.2. The normalized spacial score (nSPS) is 11.4. The molecular weight excluding hydrogens is 420 g/mol. The molecule has 0 aliphatic carbocycles. The molecule has 0 aliphatic rings. The maximum atomic E-state index is 12.2. The van der Waals surface area contributed by atoms with Gasteiger partial charge in [-0.3, -0.25) is 14.1 Å². The summed E-state index contributed by atoms with van der Waals surface area (Å²) in [7, 11) is -4.07. The van der Waals surface area contributed by atoms with Crippen molar-refractivity contribution in [3.63, 3.8) is 0 Å². The van der Waals surface area contributed by atoms with E-state index in [1.165, 1.54) is 0 Å². The topological polar surface area (TPSA) is 137 Å². The van der Waals surface area contributed by atoms with E-state index in [-0.39, 0.29) is 24.8 Å². The maximum Gasteiger partial charge on any atom is 0.266 e. The molecule has 0 radical (unpaired) electrons. The minimum Gasteiger partial charge on any atom is -0.355 e. The largest absolute Gasteiger partial charge is 0.355 e. The van der Waals surface area contributed by atoms with E-state index < -0.39 is 15.9 Å². The van der Waals surface area contributed by atoms with Crippen LogP contribution in [0.4, 0.5) is 11.4 Å². The second-order valence-corrected chi connectivity index (χ2v) is 8.36. The molecule has 166 valence electrons. The Morgan fingerprint density at radius 3 is 2.10 bits per heavy atom. The third kappa shape index (κ3) is 10.5. The summed E-state index contributed by atoms with van der Waals surface area (Å²) in [6.45, 7) is 0.374. The highest BCUT2D eigenvalue weighted by molar-refractivity contribution is 7.85. The first-order chi connectivity index (χ1) is 14.8. The highest BCUT2D eigenvalue weighted by Gasteiger charge is 2.07. The van der Waals surface area contributed by atoms with Gasteiger partial charge in [0, 0.05) is 25.1 Å². The Kier molecular flexibility index (Phi) is 9.79. The number of amides is 2. The smallest absolute Gasteiger partial charge is 0.266 e. The molecule has 9 nitrogen and oxygen atoms in total. The van der Waals surface area contributed by atoms with Gasteiger partial charge in [0.05, 0.1) is 17.1 Å². The van der Waals surface area contributed by atoms with Gasteiger partial charge in [-0.2, -0.15) is 18.6 Å². The second kappa shape index (κ2) is 12.6. The molecule has 0 aliphatic heterocycles. The van der Waals surface area contributed by atoms with Crippen LogP contribution in [0.1, 0.15) is 36.0 Å². The van der Waals surface area contributed by atoms with Gasteiger partial charge >= 0.3 is 0 Å². The van der Waals surface area contributed by atoms with E-state index in [9.17, 15) is 18.0 Å². The van der Waals surface area contributed by atoms with Crippen LogP contribution in [-0.4, -0.2) is 43.6 Å². The SMILES string of the molecule is O=C(CCCCCNC(=O)c1ccc(/N=N/c2ccccc2)cc1)NCCS(=O)(=O)O. The van der Waals surface area contributed by atoms with E-state index >= 15 is 0 Å². The number of unbranched alkanes of at least 4 members (excludes halogenated alkanes) is 2. The van der Waals surface area contributed by atoms with E-state index in [2.05, 4.69) is 20.9 Å². The van der Waals surface area contributed by atoms with Gasteiger partial charge < -0.3 is 10.6 Å². The zero-order valence-corrected chi connectivity index (χ0v) is 17.8. The quantitative estimate of drug-likeness (QED) is 0.261. The summed E-state index contributed by atoms with van der Waals surface area (Å²) in [4.78, 5) is 23.7. The summed E-state index contributed by atoms with van der Waals surface area (Å²) in [5.41, 5.74) is 1.92. The average molecular weight is 447 g/mol. The number of rotatable bonds is 12. The van der Waals surface area contributed by atoms with Crippen molar-refractivity contribution in [2.75, 3.05) is 18.8 Å². The molecule has 0 saturated heterocycles. The summed E-state index contributed by atoms with van der Waals surface area (Å²) in [6.07, 6.45) is 2.34. The van der Waals surface area contributed by atoms with Gasteiger partial charge in [0.2, 0.25) is 5.91 Å². The number of azo groups is 1. The molecule has 31 heavy (non-hydrogen) atoms. The lowest BCUT2D eigenvalue weighted by atomic mass is 10.1. The molecule has 3 N–H and O–H groups in total. The Morgan fingerprint density at radius 2 is 1.45 bits per heavy atom. The Hall–Kier alpha value is -3.11. The number of nitrogens with zero attached hydrogens (tertiary/aromatic N) is 2. The minimum absolute atomic E-state index is 0.111. The van der Waals surface area contributed by atoms with Crippen molar-refractivity contribution in [1.82, 2.24) is 10.6 Å². The Labute approximate surface area is 181 Å². The molecule has 0 bridgehead atoms. The number of benzene rings is 2. The van der Waals surface area contributed by atoms with Crippen LogP contribution in [0.3, 0.4) is 0 Å². The lowest BCUT2D eigenvalue weighted by Gasteiger charge is -2.06. The minimum atomic E-state index is -4.07. The first-order valence-corrected chi connectivity index (χ1v) is 11.5. The van der Waals surface area contributed by atoms with Crippen molar-refractivity contribution in [3.05, 3.63) is 60.2 Å². The van der Waals surface area contributed by atoms with Crippen LogP contribution in [0.2, 0.25) is 0 Å². The highest BCUT2D eigenvalue weighted by Crippen LogP contribution is 2.18. The van der Waals surface area contributed by atoms with Crippen LogP contribution in [0, 0.1) is 0 Å². The molecule has 10 heteroatoms. The fourth-order valence-corrected chi connectivity index (χ4v) is 2.95. The van der Waals surface area contributed by atoms with E-state index in [0.29, 0.717) is 30.6 Å². The predicted molar refractivity (Wildman–Crippen MR) is 117 cm³/mol. The Balaban J connectivity index is 1.61. The van der Waals surface area contributed by atoms with Crippen LogP contribution in [-0.2, 0) is 14.9 Å². The van der Waals surface area contributed by atoms with Crippen molar-refractivity contribution in [3.8, 4) is 0 Å². The third-order valence-corrected chi connectivity index (χ3v) is 4.94.